The van der Waals surface area contributed by atoms with Crippen LogP contribution in [-0.4, -0.2) is 26.5 Å². The third kappa shape index (κ3) is 4.78. The Morgan fingerprint density at radius 3 is 2.55 bits per heavy atom. The first-order valence-corrected chi connectivity index (χ1v) is 13.1. The van der Waals surface area contributed by atoms with Crippen LogP contribution < -0.4 is 20.3 Å². The van der Waals surface area contributed by atoms with Gasteiger partial charge >= 0.3 is 0 Å². The average molecular weight is 545 g/mol. The second-order valence-corrected chi connectivity index (χ2v) is 10.7. The number of thioether (sulfide) groups is 1. The molecule has 1 amide bonds. The number of carbonyl (C=O) groups is 1. The van der Waals surface area contributed by atoms with Crippen LogP contribution in [0.4, 0.5) is 5.82 Å². The van der Waals surface area contributed by atoms with Crippen molar-refractivity contribution in [1.82, 2.24) is 9.47 Å². The highest BCUT2D eigenvalue weighted by atomic mass is 32.2. The number of nitriles is 1. The van der Waals surface area contributed by atoms with Gasteiger partial charge in [-0.2, -0.15) is 5.26 Å². The molecule has 38 heavy (non-hydrogen) atoms. The Hall–Kier alpha value is -4.07. The number of thiocarbonyl (C=S) groups is 1. The predicted octanol–water partition coefficient (Wildman–Crippen LogP) is 4.62. The molecule has 2 aliphatic rings. The number of nitrogens with zero attached hydrogens (tertiary/aromatic N) is 3. The van der Waals surface area contributed by atoms with Gasteiger partial charge in [-0.15, -0.1) is 0 Å². The fourth-order valence-electron chi connectivity index (χ4n) is 4.32. The molecule has 0 radical (unpaired) electrons. The number of ether oxygens (including phenoxy) is 2. The van der Waals surface area contributed by atoms with Crippen LogP contribution >= 0.6 is 24.0 Å². The quantitative estimate of drug-likeness (QED) is 0.355. The summed E-state index contributed by atoms with van der Waals surface area (Å²) < 4.78 is 12.7. The summed E-state index contributed by atoms with van der Waals surface area (Å²) in [5.74, 6) is 1.62. The van der Waals surface area contributed by atoms with Gasteiger partial charge in [-0.1, -0.05) is 59.9 Å². The third-order valence-corrected chi connectivity index (χ3v) is 7.88. The zero-order chi connectivity index (χ0) is 27.0. The van der Waals surface area contributed by atoms with Crippen LogP contribution in [0.25, 0.3) is 6.08 Å². The van der Waals surface area contributed by atoms with Crippen molar-refractivity contribution in [3.63, 3.8) is 0 Å². The highest BCUT2D eigenvalue weighted by Crippen LogP contribution is 2.36. The van der Waals surface area contributed by atoms with Crippen molar-refractivity contribution < 1.29 is 14.3 Å². The molecule has 1 aromatic heterocycles. The molecule has 0 bridgehead atoms. The van der Waals surface area contributed by atoms with E-state index in [4.69, 9.17) is 21.7 Å². The summed E-state index contributed by atoms with van der Waals surface area (Å²) in [6, 6.07) is 15.6. The smallest absolute Gasteiger partial charge is 0.270 e. The molecule has 3 aromatic rings. The molecule has 1 fully saturated rings. The van der Waals surface area contributed by atoms with Gasteiger partial charge in [-0.25, -0.2) is 0 Å². The zero-order valence-corrected chi connectivity index (χ0v) is 22.7. The minimum atomic E-state index is -0.415. The summed E-state index contributed by atoms with van der Waals surface area (Å²) in [4.78, 5) is 28.3. The number of fused-ring (bicyclic) bond motifs is 1. The molecular weight excluding hydrogens is 520 g/mol. The number of hydrogen-bond donors (Lipinski definition) is 1. The lowest BCUT2D eigenvalue weighted by Gasteiger charge is -2.18. The topological polar surface area (TPSA) is 96.6 Å². The summed E-state index contributed by atoms with van der Waals surface area (Å²) in [5, 5.41) is 13.0. The molecule has 2 aliphatic heterocycles. The Balaban J connectivity index is 1.48. The maximum atomic E-state index is 13.4. The number of pyridine rings is 1. The van der Waals surface area contributed by atoms with Gasteiger partial charge in [-0.05, 0) is 48.7 Å². The molecule has 0 saturated carbocycles. The van der Waals surface area contributed by atoms with Crippen molar-refractivity contribution >= 4 is 46.1 Å². The Morgan fingerprint density at radius 1 is 1.11 bits per heavy atom. The second kappa shape index (κ2) is 10.4. The number of benzene rings is 2. The molecule has 0 unspecified atom stereocenters. The summed E-state index contributed by atoms with van der Waals surface area (Å²) in [6.07, 6.45) is 1.71. The molecule has 0 aliphatic carbocycles. The first-order valence-electron chi connectivity index (χ1n) is 11.8. The van der Waals surface area contributed by atoms with Crippen LogP contribution in [0.2, 0.25) is 0 Å². The Labute approximate surface area is 229 Å². The van der Waals surface area contributed by atoms with Gasteiger partial charge in [-0.3, -0.25) is 19.1 Å². The summed E-state index contributed by atoms with van der Waals surface area (Å²) in [5.41, 5.74) is 3.72. The van der Waals surface area contributed by atoms with Crippen molar-refractivity contribution in [2.75, 3.05) is 12.1 Å². The highest BCUT2D eigenvalue weighted by Gasteiger charge is 2.33. The minimum Gasteiger partial charge on any atom is -0.454 e. The maximum absolute atomic E-state index is 13.4. The lowest BCUT2D eigenvalue weighted by atomic mass is 10.0. The minimum absolute atomic E-state index is 0.0301. The van der Waals surface area contributed by atoms with E-state index in [1.807, 2.05) is 55.5 Å². The Morgan fingerprint density at radius 2 is 1.82 bits per heavy atom. The van der Waals surface area contributed by atoms with E-state index in [9.17, 15) is 14.9 Å². The van der Waals surface area contributed by atoms with Crippen LogP contribution in [0.15, 0.2) is 52.2 Å². The lowest BCUT2D eigenvalue weighted by molar-refractivity contribution is -0.122. The largest absolute Gasteiger partial charge is 0.454 e. The molecule has 1 saturated heterocycles. The normalized spacial score (nSPS) is 15.3. The lowest BCUT2D eigenvalue weighted by Crippen LogP contribution is -2.27. The number of amides is 1. The molecule has 1 N–H and O–H groups in total. The number of anilines is 1. The maximum Gasteiger partial charge on any atom is 0.270 e. The van der Waals surface area contributed by atoms with E-state index >= 15 is 0 Å². The van der Waals surface area contributed by atoms with Crippen molar-refractivity contribution in [2.45, 2.75) is 26.9 Å². The molecule has 0 spiro atoms. The van der Waals surface area contributed by atoms with Crippen molar-refractivity contribution in [3.05, 3.63) is 91.1 Å². The van der Waals surface area contributed by atoms with E-state index in [1.165, 1.54) is 16.3 Å². The van der Waals surface area contributed by atoms with E-state index in [0.29, 0.717) is 50.8 Å². The number of aryl methyl sites for hydroxylation is 1. The molecular formula is C28H24N4O4S2. The van der Waals surface area contributed by atoms with Gasteiger partial charge in [0.25, 0.3) is 11.5 Å². The molecule has 0 atom stereocenters. The molecule has 3 heterocycles. The van der Waals surface area contributed by atoms with Crippen molar-refractivity contribution in [1.29, 1.82) is 5.26 Å². The van der Waals surface area contributed by atoms with Crippen LogP contribution in [0.3, 0.4) is 0 Å². The van der Waals surface area contributed by atoms with Crippen LogP contribution in [-0.2, 0) is 24.9 Å². The van der Waals surface area contributed by atoms with Gasteiger partial charge in [0.05, 0.1) is 11.4 Å². The van der Waals surface area contributed by atoms with Crippen LogP contribution in [0.1, 0.15) is 33.4 Å². The summed E-state index contributed by atoms with van der Waals surface area (Å²) >= 11 is 6.74. The molecule has 8 nitrogen and oxygen atoms in total. The Kier molecular flexibility index (Phi) is 6.97. The number of hydrogen-bond acceptors (Lipinski definition) is 8. The molecule has 192 valence electrons. The first kappa shape index (κ1) is 25.6. The molecule has 10 heteroatoms. The monoisotopic (exact) mass is 544 g/mol. The number of aromatic nitrogens is 1. The van der Waals surface area contributed by atoms with Crippen molar-refractivity contribution in [2.24, 2.45) is 7.05 Å². The van der Waals surface area contributed by atoms with Gasteiger partial charge in [0.1, 0.15) is 21.8 Å². The van der Waals surface area contributed by atoms with E-state index in [1.54, 1.807) is 24.9 Å². The predicted molar refractivity (Wildman–Crippen MR) is 151 cm³/mol. The van der Waals surface area contributed by atoms with Gasteiger partial charge in [0.15, 0.2) is 11.5 Å². The SMILES string of the molecule is Cc1ccc(CN2C(=O)/C(=C\c3c(C)c(C#N)c(=O)n(C)c3NCc3ccc4c(c3)OCO4)SC2=S)cc1. The summed E-state index contributed by atoms with van der Waals surface area (Å²) in [6.45, 7) is 4.65. The van der Waals surface area contributed by atoms with Gasteiger partial charge in [0, 0.05) is 19.2 Å². The zero-order valence-electron chi connectivity index (χ0n) is 21.0. The standard InChI is InChI=1S/C28H24N4O4S2/c1-16-4-6-18(7-5-16)14-32-27(34)24(38-28(32)37)11-20-17(2)21(12-29)26(33)31(3)25(20)30-13-19-8-9-22-23(10-19)36-15-35-22/h4-11,30H,13-15H2,1-3H3/b24-11+. The second-order valence-electron chi connectivity index (χ2n) is 9.03. The number of carbonyl (C=O) groups excluding carboxylic acids is 1. The summed E-state index contributed by atoms with van der Waals surface area (Å²) in [7, 11) is 1.60. The van der Waals surface area contributed by atoms with E-state index in [2.05, 4.69) is 5.32 Å². The van der Waals surface area contributed by atoms with Crippen molar-refractivity contribution in [3.8, 4) is 17.6 Å². The highest BCUT2D eigenvalue weighted by molar-refractivity contribution is 8.26. The number of nitrogens with one attached hydrogen (secondary N) is 1. The fourth-order valence-corrected chi connectivity index (χ4v) is 5.56. The van der Waals surface area contributed by atoms with Gasteiger partial charge in [0.2, 0.25) is 6.79 Å². The number of rotatable bonds is 6. The van der Waals surface area contributed by atoms with Crippen LogP contribution in [0, 0.1) is 25.2 Å². The van der Waals surface area contributed by atoms with E-state index in [0.717, 1.165) is 16.7 Å². The average Bonchev–Trinajstić information content (AvgIpc) is 3.48. The van der Waals surface area contributed by atoms with Gasteiger partial charge < -0.3 is 14.8 Å². The first-order chi connectivity index (χ1) is 18.3. The van der Waals surface area contributed by atoms with E-state index < -0.39 is 5.56 Å². The van der Waals surface area contributed by atoms with Crippen LogP contribution in [0.5, 0.6) is 11.5 Å². The molecule has 2 aromatic carbocycles. The van der Waals surface area contributed by atoms with E-state index in [-0.39, 0.29) is 18.3 Å². The fraction of sp³-hybridized carbons (Fsp3) is 0.214. The third-order valence-electron chi connectivity index (χ3n) is 6.51. The Bertz CT molecular complexity index is 1600. The molecule has 5 rings (SSSR count).